The number of aromatic nitrogens is 2. The fraction of sp³-hybridized carbons (Fsp3) is 0.750. The molecule has 2 rings (SSSR count). The third kappa shape index (κ3) is 2.44. The van der Waals surface area contributed by atoms with E-state index >= 15 is 0 Å². The summed E-state index contributed by atoms with van der Waals surface area (Å²) in [7, 11) is 2.21. The molecular weight excluding hydrogens is 200 g/mol. The van der Waals surface area contributed by atoms with Gasteiger partial charge in [0, 0.05) is 30.9 Å². The molecule has 1 unspecified atom stereocenters. The lowest BCUT2D eigenvalue weighted by Gasteiger charge is -2.25. The first-order valence-electron chi connectivity index (χ1n) is 6.07. The van der Waals surface area contributed by atoms with E-state index in [-0.39, 0.29) is 6.04 Å². The zero-order chi connectivity index (χ0) is 11.7. The second-order valence-corrected chi connectivity index (χ2v) is 5.01. The largest absolute Gasteiger partial charge is 0.332 e. The molecule has 1 saturated carbocycles. The molecule has 0 spiro atoms. The van der Waals surface area contributed by atoms with Crippen LogP contribution in [-0.4, -0.2) is 33.6 Å². The highest BCUT2D eigenvalue weighted by Gasteiger charge is 2.29. The number of nitrogens with two attached hydrogens (primary N) is 1. The van der Waals surface area contributed by atoms with Crippen molar-refractivity contribution in [3.63, 3.8) is 0 Å². The summed E-state index contributed by atoms with van der Waals surface area (Å²) in [4.78, 5) is 6.64. The third-order valence-electron chi connectivity index (χ3n) is 3.49. The quantitative estimate of drug-likeness (QED) is 0.819. The Hall–Kier alpha value is -0.870. The van der Waals surface area contributed by atoms with Crippen molar-refractivity contribution < 1.29 is 0 Å². The lowest BCUT2D eigenvalue weighted by atomic mass is 10.2. The monoisotopic (exact) mass is 222 g/mol. The molecule has 1 aliphatic rings. The Balaban J connectivity index is 1.99. The van der Waals surface area contributed by atoms with Gasteiger partial charge in [0.05, 0.1) is 12.0 Å². The Morgan fingerprint density at radius 1 is 1.56 bits per heavy atom. The molecule has 0 amide bonds. The third-order valence-corrected chi connectivity index (χ3v) is 3.49. The number of rotatable bonds is 5. The number of hydrogen-bond donors (Lipinski definition) is 1. The van der Waals surface area contributed by atoms with Gasteiger partial charge in [-0.3, -0.25) is 4.90 Å². The lowest BCUT2D eigenvalue weighted by molar-refractivity contribution is 0.224. The first-order chi connectivity index (χ1) is 7.59. The first kappa shape index (κ1) is 11.6. The Morgan fingerprint density at radius 3 is 2.81 bits per heavy atom. The highest BCUT2D eigenvalue weighted by molar-refractivity contribution is 5.03. The molecular formula is C12H22N4. The Kier molecular flexibility index (Phi) is 3.30. The van der Waals surface area contributed by atoms with Crippen LogP contribution in [0.5, 0.6) is 0 Å². The van der Waals surface area contributed by atoms with Gasteiger partial charge in [0.25, 0.3) is 0 Å². The summed E-state index contributed by atoms with van der Waals surface area (Å²) in [6.45, 7) is 5.25. The standard InChI is InChI=1S/C12H22N4/c1-9(15(3)11-4-5-11)7-16-8-14-6-12(16)10(2)13/h6,8-11H,4-5,7,13H2,1-3H3/t9?,10-/m0/s1. The van der Waals surface area contributed by atoms with E-state index in [2.05, 4.69) is 28.4 Å². The SMILES string of the molecule is CC(Cn1cncc1[C@H](C)N)N(C)C1CC1. The number of likely N-dealkylation sites (N-methyl/N-ethyl adjacent to an activating group) is 1. The van der Waals surface area contributed by atoms with E-state index in [1.807, 2.05) is 19.4 Å². The van der Waals surface area contributed by atoms with Crippen molar-refractivity contribution in [1.82, 2.24) is 14.5 Å². The van der Waals surface area contributed by atoms with E-state index < -0.39 is 0 Å². The minimum atomic E-state index is 0.0564. The van der Waals surface area contributed by atoms with Gasteiger partial charge in [-0.05, 0) is 33.7 Å². The van der Waals surface area contributed by atoms with Crippen LogP contribution in [0.25, 0.3) is 0 Å². The van der Waals surface area contributed by atoms with Gasteiger partial charge in [-0.2, -0.15) is 0 Å². The number of hydrogen-bond acceptors (Lipinski definition) is 3. The molecule has 1 aromatic rings. The minimum absolute atomic E-state index is 0.0564. The summed E-state index contributed by atoms with van der Waals surface area (Å²) >= 11 is 0. The molecule has 16 heavy (non-hydrogen) atoms. The zero-order valence-electron chi connectivity index (χ0n) is 10.4. The zero-order valence-corrected chi connectivity index (χ0v) is 10.4. The average molecular weight is 222 g/mol. The fourth-order valence-electron chi connectivity index (χ4n) is 2.12. The molecule has 0 aromatic carbocycles. The van der Waals surface area contributed by atoms with Crippen LogP contribution in [0.2, 0.25) is 0 Å². The van der Waals surface area contributed by atoms with Gasteiger partial charge in [0.1, 0.15) is 0 Å². The van der Waals surface area contributed by atoms with Crippen LogP contribution >= 0.6 is 0 Å². The molecule has 4 nitrogen and oxygen atoms in total. The lowest BCUT2D eigenvalue weighted by Crippen LogP contribution is -2.35. The molecule has 0 aliphatic heterocycles. The molecule has 2 N–H and O–H groups in total. The van der Waals surface area contributed by atoms with Gasteiger partial charge in [-0.25, -0.2) is 4.98 Å². The molecule has 4 heteroatoms. The fourth-order valence-corrected chi connectivity index (χ4v) is 2.12. The normalized spacial score (nSPS) is 20.1. The summed E-state index contributed by atoms with van der Waals surface area (Å²) in [5.41, 5.74) is 7.03. The molecule has 0 radical (unpaired) electrons. The predicted molar refractivity (Wildman–Crippen MR) is 65.1 cm³/mol. The maximum atomic E-state index is 5.91. The van der Waals surface area contributed by atoms with Crippen LogP contribution in [0, 0.1) is 0 Å². The molecule has 2 atom stereocenters. The minimum Gasteiger partial charge on any atom is -0.332 e. The Labute approximate surface area is 97.4 Å². The van der Waals surface area contributed by atoms with Crippen molar-refractivity contribution in [3.05, 3.63) is 18.2 Å². The van der Waals surface area contributed by atoms with E-state index in [0.717, 1.165) is 18.3 Å². The number of nitrogens with zero attached hydrogens (tertiary/aromatic N) is 3. The van der Waals surface area contributed by atoms with Crippen molar-refractivity contribution in [2.75, 3.05) is 7.05 Å². The summed E-state index contributed by atoms with van der Waals surface area (Å²) in [6.07, 6.45) is 6.46. The Morgan fingerprint density at radius 2 is 2.25 bits per heavy atom. The molecule has 1 aliphatic carbocycles. The smallest absolute Gasteiger partial charge is 0.0949 e. The second-order valence-electron chi connectivity index (χ2n) is 5.01. The second kappa shape index (κ2) is 4.55. The van der Waals surface area contributed by atoms with Gasteiger partial charge >= 0.3 is 0 Å². The van der Waals surface area contributed by atoms with E-state index in [1.165, 1.54) is 12.8 Å². The Bertz CT molecular complexity index is 341. The van der Waals surface area contributed by atoms with Gasteiger partial charge in [0.15, 0.2) is 0 Å². The van der Waals surface area contributed by atoms with Crippen molar-refractivity contribution in [1.29, 1.82) is 0 Å². The summed E-state index contributed by atoms with van der Waals surface area (Å²) in [5, 5.41) is 0. The molecule has 1 aromatic heterocycles. The maximum Gasteiger partial charge on any atom is 0.0949 e. The van der Waals surface area contributed by atoms with Crippen LogP contribution in [0.4, 0.5) is 0 Å². The summed E-state index contributed by atoms with van der Waals surface area (Å²) in [6, 6.07) is 1.40. The maximum absolute atomic E-state index is 5.91. The van der Waals surface area contributed by atoms with Crippen LogP contribution in [-0.2, 0) is 6.54 Å². The van der Waals surface area contributed by atoms with E-state index in [9.17, 15) is 0 Å². The van der Waals surface area contributed by atoms with Crippen molar-refractivity contribution in [2.24, 2.45) is 5.73 Å². The predicted octanol–water partition coefficient (Wildman–Crippen LogP) is 1.39. The van der Waals surface area contributed by atoms with E-state index in [4.69, 9.17) is 5.73 Å². The molecule has 0 bridgehead atoms. The molecule has 1 heterocycles. The van der Waals surface area contributed by atoms with Crippen LogP contribution in [0.1, 0.15) is 38.4 Å². The highest BCUT2D eigenvalue weighted by Crippen LogP contribution is 2.27. The molecule has 90 valence electrons. The van der Waals surface area contributed by atoms with Crippen LogP contribution in [0.15, 0.2) is 12.5 Å². The van der Waals surface area contributed by atoms with Gasteiger partial charge in [-0.15, -0.1) is 0 Å². The summed E-state index contributed by atoms with van der Waals surface area (Å²) < 4.78 is 2.17. The first-order valence-corrected chi connectivity index (χ1v) is 6.07. The molecule has 0 saturated heterocycles. The summed E-state index contributed by atoms with van der Waals surface area (Å²) in [5.74, 6) is 0. The van der Waals surface area contributed by atoms with Crippen LogP contribution in [0.3, 0.4) is 0 Å². The topological polar surface area (TPSA) is 47.1 Å². The van der Waals surface area contributed by atoms with E-state index in [0.29, 0.717) is 6.04 Å². The molecule has 1 fully saturated rings. The van der Waals surface area contributed by atoms with Crippen molar-refractivity contribution in [2.45, 2.75) is 51.4 Å². The average Bonchev–Trinajstić information content (AvgIpc) is 2.97. The van der Waals surface area contributed by atoms with Gasteiger partial charge < -0.3 is 10.3 Å². The highest BCUT2D eigenvalue weighted by atomic mass is 15.2. The van der Waals surface area contributed by atoms with Gasteiger partial charge in [0.2, 0.25) is 0 Å². The van der Waals surface area contributed by atoms with Crippen molar-refractivity contribution in [3.8, 4) is 0 Å². The number of imidazole rings is 1. The van der Waals surface area contributed by atoms with Crippen molar-refractivity contribution >= 4 is 0 Å². The van der Waals surface area contributed by atoms with E-state index in [1.54, 1.807) is 0 Å². The van der Waals surface area contributed by atoms with Gasteiger partial charge in [-0.1, -0.05) is 0 Å². The van der Waals surface area contributed by atoms with Crippen LogP contribution < -0.4 is 5.73 Å².